The van der Waals surface area contributed by atoms with Crippen LogP contribution in [0.2, 0.25) is 0 Å². The number of aryl methyl sites for hydroxylation is 2. The predicted molar refractivity (Wildman–Crippen MR) is 86.0 cm³/mol. The van der Waals surface area contributed by atoms with Gasteiger partial charge in [0.25, 0.3) is 0 Å². The van der Waals surface area contributed by atoms with Gasteiger partial charge in [0, 0.05) is 25.0 Å². The van der Waals surface area contributed by atoms with Crippen LogP contribution in [0, 0.1) is 0 Å². The minimum Gasteiger partial charge on any atom is -0.399 e. The molecule has 0 saturated heterocycles. The second-order valence-electron chi connectivity index (χ2n) is 5.76. The summed E-state index contributed by atoms with van der Waals surface area (Å²) in [5.41, 5.74) is 12.3. The number of benzene rings is 2. The molecule has 0 aromatic heterocycles. The molecule has 0 saturated carbocycles. The highest BCUT2D eigenvalue weighted by Crippen LogP contribution is 2.24. The number of anilines is 2. The second kappa shape index (κ2) is 5.58. The SMILES string of the molecule is CN(Cc1ccc2c(c1)CCCC2)c1cccc(N)c1. The van der Waals surface area contributed by atoms with Gasteiger partial charge in [-0.2, -0.15) is 0 Å². The molecule has 0 heterocycles. The van der Waals surface area contributed by atoms with E-state index < -0.39 is 0 Å². The van der Waals surface area contributed by atoms with E-state index in [9.17, 15) is 0 Å². The van der Waals surface area contributed by atoms with Crippen molar-refractivity contribution in [1.29, 1.82) is 0 Å². The van der Waals surface area contributed by atoms with Crippen LogP contribution < -0.4 is 10.6 Å². The van der Waals surface area contributed by atoms with Crippen LogP contribution in [-0.4, -0.2) is 7.05 Å². The maximum Gasteiger partial charge on any atom is 0.0426 e. The molecule has 2 N–H and O–H groups in total. The van der Waals surface area contributed by atoms with Crippen LogP contribution in [0.25, 0.3) is 0 Å². The van der Waals surface area contributed by atoms with E-state index >= 15 is 0 Å². The van der Waals surface area contributed by atoms with E-state index in [4.69, 9.17) is 5.73 Å². The van der Waals surface area contributed by atoms with Gasteiger partial charge < -0.3 is 10.6 Å². The lowest BCUT2D eigenvalue weighted by Gasteiger charge is -2.22. The Balaban J connectivity index is 1.77. The summed E-state index contributed by atoms with van der Waals surface area (Å²) in [5.74, 6) is 0. The van der Waals surface area contributed by atoms with E-state index in [-0.39, 0.29) is 0 Å². The molecule has 0 unspecified atom stereocenters. The molecule has 1 aliphatic rings. The summed E-state index contributed by atoms with van der Waals surface area (Å²) in [6, 6.07) is 15.0. The van der Waals surface area contributed by atoms with E-state index in [2.05, 4.69) is 36.2 Å². The molecule has 0 radical (unpaired) electrons. The average Bonchev–Trinajstić information content (AvgIpc) is 2.47. The first-order chi connectivity index (χ1) is 9.72. The number of hydrogen-bond donors (Lipinski definition) is 1. The third-order valence-electron chi connectivity index (χ3n) is 4.14. The van der Waals surface area contributed by atoms with Crippen molar-refractivity contribution in [1.82, 2.24) is 0 Å². The van der Waals surface area contributed by atoms with E-state index in [1.807, 2.05) is 18.2 Å². The molecule has 2 heteroatoms. The Morgan fingerprint density at radius 3 is 2.60 bits per heavy atom. The fourth-order valence-corrected chi connectivity index (χ4v) is 3.01. The van der Waals surface area contributed by atoms with Gasteiger partial charge in [-0.3, -0.25) is 0 Å². The van der Waals surface area contributed by atoms with Crippen molar-refractivity contribution in [2.24, 2.45) is 0 Å². The second-order valence-corrected chi connectivity index (χ2v) is 5.76. The minimum absolute atomic E-state index is 0.819. The molecular formula is C18H22N2. The third kappa shape index (κ3) is 2.79. The molecule has 2 aromatic rings. The lowest BCUT2D eigenvalue weighted by molar-refractivity contribution is 0.684. The summed E-state index contributed by atoms with van der Waals surface area (Å²) in [6.45, 7) is 0.927. The molecule has 0 atom stereocenters. The fourth-order valence-electron chi connectivity index (χ4n) is 3.01. The number of nitrogen functional groups attached to an aromatic ring is 1. The summed E-state index contributed by atoms with van der Waals surface area (Å²) in [6.07, 6.45) is 5.17. The molecule has 1 aliphatic carbocycles. The minimum atomic E-state index is 0.819. The van der Waals surface area contributed by atoms with Crippen molar-refractivity contribution in [3.8, 4) is 0 Å². The molecule has 0 spiro atoms. The molecule has 3 rings (SSSR count). The molecule has 0 amide bonds. The summed E-state index contributed by atoms with van der Waals surface area (Å²) in [4.78, 5) is 2.25. The Morgan fingerprint density at radius 2 is 1.80 bits per heavy atom. The Hall–Kier alpha value is -1.96. The number of nitrogens with two attached hydrogens (primary N) is 1. The van der Waals surface area contributed by atoms with Crippen LogP contribution in [0.3, 0.4) is 0 Å². The summed E-state index contributed by atoms with van der Waals surface area (Å²) in [5, 5.41) is 0. The summed E-state index contributed by atoms with van der Waals surface area (Å²) < 4.78 is 0. The van der Waals surface area contributed by atoms with Gasteiger partial charge in [0.1, 0.15) is 0 Å². The number of hydrogen-bond acceptors (Lipinski definition) is 2. The lowest BCUT2D eigenvalue weighted by atomic mass is 9.90. The fraction of sp³-hybridized carbons (Fsp3) is 0.333. The average molecular weight is 266 g/mol. The van der Waals surface area contributed by atoms with Crippen LogP contribution in [0.5, 0.6) is 0 Å². The lowest BCUT2D eigenvalue weighted by Crippen LogP contribution is -2.17. The van der Waals surface area contributed by atoms with Gasteiger partial charge in [0.2, 0.25) is 0 Å². The van der Waals surface area contributed by atoms with E-state index in [0.717, 1.165) is 12.2 Å². The van der Waals surface area contributed by atoms with Gasteiger partial charge >= 0.3 is 0 Å². The number of fused-ring (bicyclic) bond motifs is 1. The van der Waals surface area contributed by atoms with Crippen molar-refractivity contribution in [3.05, 3.63) is 59.2 Å². The van der Waals surface area contributed by atoms with Gasteiger partial charge in [-0.25, -0.2) is 0 Å². The normalized spacial score (nSPS) is 13.8. The first-order valence-electron chi connectivity index (χ1n) is 7.40. The van der Waals surface area contributed by atoms with E-state index in [0.29, 0.717) is 0 Å². The molecule has 2 aromatic carbocycles. The Bertz CT molecular complexity index is 604. The predicted octanol–water partition coefficient (Wildman–Crippen LogP) is 3.78. The standard InChI is InChI=1S/C18H22N2/c1-20(18-8-4-7-17(19)12-18)13-14-9-10-15-5-2-3-6-16(15)11-14/h4,7-12H,2-3,5-6,13,19H2,1H3. The van der Waals surface area contributed by atoms with E-state index in [1.54, 1.807) is 11.1 Å². The zero-order valence-corrected chi connectivity index (χ0v) is 12.1. The molecular weight excluding hydrogens is 244 g/mol. The van der Waals surface area contributed by atoms with Crippen LogP contribution in [0.4, 0.5) is 11.4 Å². The maximum absolute atomic E-state index is 5.85. The molecule has 104 valence electrons. The first kappa shape index (κ1) is 13.0. The van der Waals surface area contributed by atoms with E-state index in [1.165, 1.54) is 36.9 Å². The van der Waals surface area contributed by atoms with Crippen molar-refractivity contribution in [2.45, 2.75) is 32.2 Å². The van der Waals surface area contributed by atoms with Crippen molar-refractivity contribution < 1.29 is 0 Å². The molecule has 20 heavy (non-hydrogen) atoms. The van der Waals surface area contributed by atoms with Crippen molar-refractivity contribution >= 4 is 11.4 Å². The van der Waals surface area contributed by atoms with Crippen molar-refractivity contribution in [3.63, 3.8) is 0 Å². The van der Waals surface area contributed by atoms with Gasteiger partial charge in [-0.05, 0) is 60.6 Å². The van der Waals surface area contributed by atoms with Gasteiger partial charge in [-0.1, -0.05) is 24.3 Å². The third-order valence-corrected chi connectivity index (χ3v) is 4.14. The zero-order valence-electron chi connectivity index (χ0n) is 12.1. The van der Waals surface area contributed by atoms with Crippen LogP contribution in [-0.2, 0) is 19.4 Å². The quantitative estimate of drug-likeness (QED) is 0.857. The summed E-state index contributed by atoms with van der Waals surface area (Å²) >= 11 is 0. The topological polar surface area (TPSA) is 29.3 Å². The molecule has 0 fully saturated rings. The van der Waals surface area contributed by atoms with Crippen LogP contribution in [0.15, 0.2) is 42.5 Å². The smallest absolute Gasteiger partial charge is 0.0426 e. The van der Waals surface area contributed by atoms with Crippen LogP contribution in [0.1, 0.15) is 29.5 Å². The number of rotatable bonds is 3. The highest BCUT2D eigenvalue weighted by Gasteiger charge is 2.10. The Morgan fingerprint density at radius 1 is 1.00 bits per heavy atom. The summed E-state index contributed by atoms with van der Waals surface area (Å²) in [7, 11) is 2.12. The Kier molecular flexibility index (Phi) is 3.64. The molecule has 2 nitrogen and oxygen atoms in total. The Labute approximate surface area is 121 Å². The number of nitrogens with zero attached hydrogens (tertiary/aromatic N) is 1. The zero-order chi connectivity index (χ0) is 13.9. The molecule has 0 bridgehead atoms. The van der Waals surface area contributed by atoms with Crippen LogP contribution >= 0.6 is 0 Å². The highest BCUT2D eigenvalue weighted by molar-refractivity contribution is 5.55. The molecule has 0 aliphatic heterocycles. The van der Waals surface area contributed by atoms with Crippen molar-refractivity contribution in [2.75, 3.05) is 17.7 Å². The van der Waals surface area contributed by atoms with Gasteiger partial charge in [-0.15, -0.1) is 0 Å². The first-order valence-corrected chi connectivity index (χ1v) is 7.40. The monoisotopic (exact) mass is 266 g/mol. The highest BCUT2D eigenvalue weighted by atomic mass is 15.1. The van der Waals surface area contributed by atoms with Gasteiger partial charge in [0.05, 0.1) is 0 Å². The maximum atomic E-state index is 5.85. The van der Waals surface area contributed by atoms with Gasteiger partial charge in [0.15, 0.2) is 0 Å². The largest absolute Gasteiger partial charge is 0.399 e.